The van der Waals surface area contributed by atoms with Gasteiger partial charge in [0.25, 0.3) is 5.56 Å². The van der Waals surface area contributed by atoms with E-state index in [2.05, 4.69) is 25.4 Å². The maximum Gasteiger partial charge on any atom is 0.252 e. The number of benzene rings is 2. The number of aromatic nitrogens is 5. The lowest BCUT2D eigenvalue weighted by molar-refractivity contribution is 0.225. The van der Waals surface area contributed by atoms with Gasteiger partial charge in [-0.2, -0.15) is 0 Å². The Kier molecular flexibility index (Phi) is 7.27. The zero-order chi connectivity index (χ0) is 24.9. The monoisotopic (exact) mass is 488 g/mol. The van der Waals surface area contributed by atoms with Gasteiger partial charge in [0, 0.05) is 29.6 Å². The van der Waals surface area contributed by atoms with E-state index >= 15 is 0 Å². The molecule has 0 amide bonds. The van der Waals surface area contributed by atoms with Crippen LogP contribution in [0.25, 0.3) is 10.9 Å². The highest BCUT2D eigenvalue weighted by Gasteiger charge is 2.22. The Morgan fingerprint density at radius 1 is 0.944 bits per heavy atom. The van der Waals surface area contributed by atoms with E-state index < -0.39 is 0 Å². The van der Waals surface area contributed by atoms with Crippen molar-refractivity contribution >= 4 is 10.9 Å². The Morgan fingerprint density at radius 3 is 2.44 bits per heavy atom. The molecule has 36 heavy (non-hydrogen) atoms. The van der Waals surface area contributed by atoms with E-state index in [4.69, 9.17) is 9.47 Å². The lowest BCUT2D eigenvalue weighted by atomic mass is 9.95. The van der Waals surface area contributed by atoms with Crippen LogP contribution in [0.15, 0.2) is 53.3 Å². The molecular weight excluding hydrogens is 456 g/mol. The van der Waals surface area contributed by atoms with E-state index in [1.165, 1.54) is 19.3 Å². The van der Waals surface area contributed by atoms with Crippen molar-refractivity contribution in [2.75, 3.05) is 14.2 Å². The minimum absolute atomic E-state index is 0.0979. The standard InChI is InChI=1S/C27H32N6O3/c1-35-23-10-8-19(9-11-23)16-32(18-26-29-30-31-33(26)22-6-4-3-5-7-22)17-21-14-20-15-24(36-2)12-13-25(20)28-27(21)34/h8-15,22H,3-7,16-18H2,1-2H3,(H,28,34). The normalized spacial score (nSPS) is 14.4. The third-order valence-electron chi connectivity index (χ3n) is 6.93. The molecule has 4 aromatic rings. The largest absolute Gasteiger partial charge is 0.497 e. The fourth-order valence-corrected chi connectivity index (χ4v) is 5.00. The van der Waals surface area contributed by atoms with E-state index in [0.29, 0.717) is 31.2 Å². The molecule has 5 rings (SSSR count). The molecule has 1 aliphatic carbocycles. The second-order valence-corrected chi connectivity index (χ2v) is 9.40. The zero-order valence-corrected chi connectivity index (χ0v) is 20.8. The molecule has 0 atom stereocenters. The number of rotatable bonds is 9. The summed E-state index contributed by atoms with van der Waals surface area (Å²) in [7, 11) is 3.30. The van der Waals surface area contributed by atoms with Crippen molar-refractivity contribution in [1.29, 1.82) is 0 Å². The fraction of sp³-hybridized carbons (Fsp3) is 0.407. The van der Waals surface area contributed by atoms with Crippen LogP contribution >= 0.6 is 0 Å². The molecule has 1 N–H and O–H groups in total. The molecule has 1 fully saturated rings. The summed E-state index contributed by atoms with van der Waals surface area (Å²) in [5, 5.41) is 13.6. The van der Waals surface area contributed by atoms with Crippen LogP contribution in [-0.4, -0.2) is 44.3 Å². The SMILES string of the molecule is COc1ccc(CN(Cc2cc3cc(OC)ccc3[nH]c2=O)Cc2nnnn2C2CCCCC2)cc1. The first kappa shape index (κ1) is 24.0. The van der Waals surface area contributed by atoms with Gasteiger partial charge < -0.3 is 14.5 Å². The maximum atomic E-state index is 13.0. The number of ether oxygens (including phenoxy) is 2. The molecule has 0 unspecified atom stereocenters. The van der Waals surface area contributed by atoms with Crippen LogP contribution in [0.2, 0.25) is 0 Å². The van der Waals surface area contributed by atoms with Crippen molar-refractivity contribution in [2.24, 2.45) is 0 Å². The van der Waals surface area contributed by atoms with Crippen LogP contribution in [-0.2, 0) is 19.6 Å². The topological polar surface area (TPSA) is 98.2 Å². The van der Waals surface area contributed by atoms with E-state index in [0.717, 1.165) is 46.6 Å². The molecule has 1 aliphatic rings. The summed E-state index contributed by atoms with van der Waals surface area (Å²) < 4.78 is 12.7. The second-order valence-electron chi connectivity index (χ2n) is 9.40. The Bertz CT molecular complexity index is 1360. The van der Waals surface area contributed by atoms with Gasteiger partial charge in [0.15, 0.2) is 5.82 Å². The smallest absolute Gasteiger partial charge is 0.252 e. The first-order valence-corrected chi connectivity index (χ1v) is 12.4. The number of H-pyrrole nitrogens is 1. The van der Waals surface area contributed by atoms with Crippen molar-refractivity contribution in [1.82, 2.24) is 30.1 Å². The van der Waals surface area contributed by atoms with Gasteiger partial charge in [0.2, 0.25) is 0 Å². The molecule has 0 spiro atoms. The number of pyridine rings is 1. The lowest BCUT2D eigenvalue weighted by Gasteiger charge is -2.25. The Hall–Kier alpha value is -3.72. The van der Waals surface area contributed by atoms with Crippen molar-refractivity contribution in [3.8, 4) is 11.5 Å². The zero-order valence-electron chi connectivity index (χ0n) is 20.8. The summed E-state index contributed by atoms with van der Waals surface area (Å²) in [5.41, 5.74) is 2.49. The van der Waals surface area contributed by atoms with Crippen molar-refractivity contribution in [2.45, 2.75) is 57.8 Å². The molecule has 0 radical (unpaired) electrons. The van der Waals surface area contributed by atoms with Crippen LogP contribution in [0.5, 0.6) is 11.5 Å². The number of hydrogen-bond donors (Lipinski definition) is 1. The van der Waals surface area contributed by atoms with Gasteiger partial charge in [-0.25, -0.2) is 4.68 Å². The number of methoxy groups -OCH3 is 2. The Balaban J connectivity index is 1.45. The van der Waals surface area contributed by atoms with E-state index in [-0.39, 0.29) is 5.56 Å². The average Bonchev–Trinajstić information content (AvgIpc) is 3.38. The molecule has 2 aromatic carbocycles. The second kappa shape index (κ2) is 10.9. The van der Waals surface area contributed by atoms with Crippen molar-refractivity contribution in [3.05, 3.63) is 75.8 Å². The minimum Gasteiger partial charge on any atom is -0.497 e. The fourth-order valence-electron chi connectivity index (χ4n) is 5.00. The van der Waals surface area contributed by atoms with Crippen LogP contribution < -0.4 is 15.0 Å². The molecule has 1 saturated carbocycles. The van der Waals surface area contributed by atoms with E-state index in [1.54, 1.807) is 14.2 Å². The summed E-state index contributed by atoms with van der Waals surface area (Å²) >= 11 is 0. The molecule has 2 heterocycles. The first-order chi connectivity index (χ1) is 17.6. The highest BCUT2D eigenvalue weighted by atomic mass is 16.5. The Labute approximate surface area is 210 Å². The van der Waals surface area contributed by atoms with E-state index in [9.17, 15) is 4.79 Å². The summed E-state index contributed by atoms with van der Waals surface area (Å²) in [5.74, 6) is 2.39. The third kappa shape index (κ3) is 5.41. The van der Waals surface area contributed by atoms with Crippen LogP contribution in [0.1, 0.15) is 55.1 Å². The summed E-state index contributed by atoms with van der Waals surface area (Å²) in [4.78, 5) is 18.2. The highest BCUT2D eigenvalue weighted by Crippen LogP contribution is 2.28. The first-order valence-electron chi connectivity index (χ1n) is 12.4. The summed E-state index contributed by atoms with van der Waals surface area (Å²) in [6.07, 6.45) is 5.88. The quantitative estimate of drug-likeness (QED) is 0.376. The predicted octanol–water partition coefficient (Wildman–Crippen LogP) is 4.24. The van der Waals surface area contributed by atoms with Crippen molar-refractivity contribution in [3.63, 3.8) is 0 Å². The number of tetrazole rings is 1. The van der Waals surface area contributed by atoms with Crippen LogP contribution in [0.4, 0.5) is 0 Å². The predicted molar refractivity (Wildman–Crippen MR) is 137 cm³/mol. The molecule has 2 aromatic heterocycles. The van der Waals surface area contributed by atoms with Gasteiger partial charge >= 0.3 is 0 Å². The number of nitrogens with zero attached hydrogens (tertiary/aromatic N) is 5. The average molecular weight is 489 g/mol. The molecule has 0 aliphatic heterocycles. The summed E-state index contributed by atoms with van der Waals surface area (Å²) in [6.45, 7) is 1.62. The summed E-state index contributed by atoms with van der Waals surface area (Å²) in [6, 6.07) is 15.9. The van der Waals surface area contributed by atoms with Gasteiger partial charge in [-0.15, -0.1) is 5.10 Å². The maximum absolute atomic E-state index is 13.0. The molecule has 9 nitrogen and oxygen atoms in total. The van der Waals surface area contributed by atoms with Crippen molar-refractivity contribution < 1.29 is 9.47 Å². The molecule has 0 saturated heterocycles. The number of nitrogens with one attached hydrogen (secondary N) is 1. The number of aromatic amines is 1. The van der Waals surface area contributed by atoms with Gasteiger partial charge in [-0.3, -0.25) is 9.69 Å². The van der Waals surface area contributed by atoms with Gasteiger partial charge in [0.1, 0.15) is 11.5 Å². The minimum atomic E-state index is -0.0979. The van der Waals surface area contributed by atoms with E-state index in [1.807, 2.05) is 53.2 Å². The Morgan fingerprint density at radius 2 is 1.69 bits per heavy atom. The highest BCUT2D eigenvalue weighted by molar-refractivity contribution is 5.80. The van der Waals surface area contributed by atoms with Crippen LogP contribution in [0, 0.1) is 0 Å². The van der Waals surface area contributed by atoms with Gasteiger partial charge in [-0.05, 0) is 65.2 Å². The third-order valence-corrected chi connectivity index (χ3v) is 6.93. The molecular formula is C27H32N6O3. The molecule has 188 valence electrons. The number of fused-ring (bicyclic) bond motifs is 1. The molecule has 9 heteroatoms. The lowest BCUT2D eigenvalue weighted by Crippen LogP contribution is -2.29. The van der Waals surface area contributed by atoms with Gasteiger partial charge in [-0.1, -0.05) is 31.4 Å². The van der Waals surface area contributed by atoms with Crippen LogP contribution in [0.3, 0.4) is 0 Å². The molecule has 0 bridgehead atoms. The number of hydrogen-bond acceptors (Lipinski definition) is 7. The van der Waals surface area contributed by atoms with Gasteiger partial charge in [0.05, 0.1) is 26.8 Å².